The molecule has 0 amide bonds. The molecular formula is C15H18N2OS. The van der Waals surface area contributed by atoms with Crippen molar-refractivity contribution >= 4 is 16.5 Å². The monoisotopic (exact) mass is 274 g/mol. The van der Waals surface area contributed by atoms with Crippen molar-refractivity contribution < 1.29 is 4.74 Å². The zero-order valence-electron chi connectivity index (χ0n) is 11.1. The summed E-state index contributed by atoms with van der Waals surface area (Å²) in [6.45, 7) is 4.11. The number of thiazole rings is 1. The number of anilines is 1. The highest BCUT2D eigenvalue weighted by atomic mass is 32.1. The van der Waals surface area contributed by atoms with Gasteiger partial charge in [0.25, 0.3) is 0 Å². The molecule has 4 heteroatoms. The Balaban J connectivity index is 1.61. The standard InChI is InChI=1S/C15H18N2OS/c1-2-12-11-19-15(16-12)17-9-8-14(10-17)18-13-6-4-3-5-7-13/h3-7,11,14H,2,8-10H2,1H3/t14-/m1/s1. The molecule has 0 aliphatic carbocycles. The summed E-state index contributed by atoms with van der Waals surface area (Å²) >= 11 is 1.74. The number of aromatic nitrogens is 1. The second-order valence-electron chi connectivity index (χ2n) is 4.76. The van der Waals surface area contributed by atoms with Gasteiger partial charge >= 0.3 is 0 Å². The van der Waals surface area contributed by atoms with E-state index >= 15 is 0 Å². The molecule has 0 spiro atoms. The van der Waals surface area contributed by atoms with Crippen molar-refractivity contribution in [3.8, 4) is 5.75 Å². The van der Waals surface area contributed by atoms with E-state index in [1.165, 1.54) is 5.69 Å². The van der Waals surface area contributed by atoms with Gasteiger partial charge in [0.15, 0.2) is 5.13 Å². The van der Waals surface area contributed by atoms with Crippen LogP contribution in [0.1, 0.15) is 19.0 Å². The first-order valence-electron chi connectivity index (χ1n) is 6.76. The predicted octanol–water partition coefficient (Wildman–Crippen LogP) is 3.36. The molecule has 1 atom stereocenters. The third-order valence-corrected chi connectivity index (χ3v) is 4.31. The van der Waals surface area contributed by atoms with E-state index in [1.807, 2.05) is 30.3 Å². The summed E-state index contributed by atoms with van der Waals surface area (Å²) in [5.74, 6) is 0.961. The molecule has 3 rings (SSSR count). The molecule has 3 nitrogen and oxygen atoms in total. The largest absolute Gasteiger partial charge is 0.489 e. The lowest BCUT2D eigenvalue weighted by atomic mass is 10.3. The van der Waals surface area contributed by atoms with E-state index in [9.17, 15) is 0 Å². The fraction of sp³-hybridized carbons (Fsp3) is 0.400. The quantitative estimate of drug-likeness (QED) is 0.855. The third kappa shape index (κ3) is 2.89. The maximum absolute atomic E-state index is 6.00. The topological polar surface area (TPSA) is 25.4 Å². The summed E-state index contributed by atoms with van der Waals surface area (Å²) in [6.07, 6.45) is 2.35. The number of ether oxygens (including phenoxy) is 1. The smallest absolute Gasteiger partial charge is 0.185 e. The molecule has 1 fully saturated rings. The molecule has 0 bridgehead atoms. The Bertz CT molecular complexity index is 526. The highest BCUT2D eigenvalue weighted by Gasteiger charge is 2.25. The Labute approximate surface area is 117 Å². The fourth-order valence-corrected chi connectivity index (χ4v) is 3.24. The first-order valence-corrected chi connectivity index (χ1v) is 7.64. The number of hydrogen-bond donors (Lipinski definition) is 0. The van der Waals surface area contributed by atoms with Crippen LogP contribution in [-0.4, -0.2) is 24.2 Å². The van der Waals surface area contributed by atoms with Crippen LogP contribution in [-0.2, 0) is 6.42 Å². The van der Waals surface area contributed by atoms with Crippen LogP contribution < -0.4 is 9.64 Å². The highest BCUT2D eigenvalue weighted by molar-refractivity contribution is 7.13. The van der Waals surface area contributed by atoms with E-state index in [0.29, 0.717) is 0 Å². The van der Waals surface area contributed by atoms with Gasteiger partial charge in [-0.3, -0.25) is 0 Å². The van der Waals surface area contributed by atoms with E-state index in [-0.39, 0.29) is 6.10 Å². The van der Waals surface area contributed by atoms with E-state index in [2.05, 4.69) is 22.2 Å². The van der Waals surface area contributed by atoms with Gasteiger partial charge in [0.1, 0.15) is 11.9 Å². The van der Waals surface area contributed by atoms with Crippen molar-refractivity contribution in [2.45, 2.75) is 25.9 Å². The summed E-state index contributed by atoms with van der Waals surface area (Å²) in [4.78, 5) is 6.97. The Kier molecular flexibility index (Phi) is 3.69. The lowest BCUT2D eigenvalue weighted by Gasteiger charge is -2.16. The van der Waals surface area contributed by atoms with Gasteiger partial charge in [0, 0.05) is 18.3 Å². The first kappa shape index (κ1) is 12.5. The lowest BCUT2D eigenvalue weighted by molar-refractivity contribution is 0.225. The van der Waals surface area contributed by atoms with Gasteiger partial charge in [-0.05, 0) is 18.6 Å². The van der Waals surface area contributed by atoms with Gasteiger partial charge < -0.3 is 9.64 Å². The minimum Gasteiger partial charge on any atom is -0.489 e. The molecule has 1 aromatic carbocycles. The van der Waals surface area contributed by atoms with Gasteiger partial charge in [0.05, 0.1) is 12.2 Å². The molecule has 0 saturated carbocycles. The van der Waals surface area contributed by atoms with Gasteiger partial charge in [-0.2, -0.15) is 0 Å². The van der Waals surface area contributed by atoms with Crippen molar-refractivity contribution in [2.24, 2.45) is 0 Å². The summed E-state index contributed by atoms with van der Waals surface area (Å²) < 4.78 is 6.00. The molecule has 19 heavy (non-hydrogen) atoms. The van der Waals surface area contributed by atoms with Crippen LogP contribution in [0.3, 0.4) is 0 Å². The summed E-state index contributed by atoms with van der Waals surface area (Å²) in [5, 5.41) is 3.29. The van der Waals surface area contributed by atoms with Crippen molar-refractivity contribution in [3.63, 3.8) is 0 Å². The normalized spacial score (nSPS) is 18.8. The molecule has 2 aromatic rings. The van der Waals surface area contributed by atoms with Crippen molar-refractivity contribution in [1.82, 2.24) is 4.98 Å². The van der Waals surface area contributed by atoms with E-state index < -0.39 is 0 Å². The zero-order chi connectivity index (χ0) is 13.1. The average Bonchev–Trinajstić information content (AvgIpc) is 3.08. The van der Waals surface area contributed by atoms with Gasteiger partial charge in [-0.1, -0.05) is 25.1 Å². The van der Waals surface area contributed by atoms with E-state index in [4.69, 9.17) is 4.74 Å². The minimum atomic E-state index is 0.274. The van der Waals surface area contributed by atoms with Crippen LogP contribution in [0.4, 0.5) is 5.13 Å². The van der Waals surface area contributed by atoms with Gasteiger partial charge in [-0.25, -0.2) is 4.98 Å². The number of benzene rings is 1. The van der Waals surface area contributed by atoms with Gasteiger partial charge in [0.2, 0.25) is 0 Å². The molecule has 1 aromatic heterocycles. The SMILES string of the molecule is CCc1csc(N2CC[C@@H](Oc3ccccc3)C2)n1. The molecule has 100 valence electrons. The number of para-hydroxylation sites is 1. The molecule has 2 heterocycles. The maximum atomic E-state index is 6.00. The van der Waals surface area contributed by atoms with Crippen molar-refractivity contribution in [2.75, 3.05) is 18.0 Å². The summed E-state index contributed by atoms with van der Waals surface area (Å²) in [6, 6.07) is 10.1. The van der Waals surface area contributed by atoms with Crippen LogP contribution >= 0.6 is 11.3 Å². The van der Waals surface area contributed by atoms with E-state index in [1.54, 1.807) is 11.3 Å². The molecular weight excluding hydrogens is 256 g/mol. The second kappa shape index (κ2) is 5.61. The molecule has 0 N–H and O–H groups in total. The lowest BCUT2D eigenvalue weighted by Crippen LogP contribution is -2.24. The molecule has 0 unspecified atom stereocenters. The second-order valence-corrected chi connectivity index (χ2v) is 5.60. The minimum absolute atomic E-state index is 0.274. The summed E-state index contributed by atoms with van der Waals surface area (Å²) in [5.41, 5.74) is 1.19. The number of hydrogen-bond acceptors (Lipinski definition) is 4. The number of nitrogens with zero attached hydrogens (tertiary/aromatic N) is 2. The molecule has 1 aliphatic rings. The Morgan fingerprint density at radius 1 is 1.37 bits per heavy atom. The summed E-state index contributed by atoms with van der Waals surface area (Å²) in [7, 11) is 0. The van der Waals surface area contributed by atoms with Crippen molar-refractivity contribution in [3.05, 3.63) is 41.4 Å². The fourth-order valence-electron chi connectivity index (χ4n) is 2.29. The van der Waals surface area contributed by atoms with Crippen LogP contribution in [0, 0.1) is 0 Å². The Hall–Kier alpha value is -1.55. The first-order chi connectivity index (χ1) is 9.35. The van der Waals surface area contributed by atoms with Gasteiger partial charge in [-0.15, -0.1) is 11.3 Å². The third-order valence-electron chi connectivity index (χ3n) is 3.36. The number of aryl methyl sites for hydroxylation is 1. The zero-order valence-corrected chi connectivity index (χ0v) is 11.9. The molecule has 1 aliphatic heterocycles. The van der Waals surface area contributed by atoms with Crippen LogP contribution in [0.25, 0.3) is 0 Å². The molecule has 1 saturated heterocycles. The Morgan fingerprint density at radius 2 is 2.21 bits per heavy atom. The van der Waals surface area contributed by atoms with Crippen LogP contribution in [0.5, 0.6) is 5.75 Å². The number of rotatable bonds is 4. The highest BCUT2D eigenvalue weighted by Crippen LogP contribution is 2.26. The van der Waals surface area contributed by atoms with Crippen LogP contribution in [0.15, 0.2) is 35.7 Å². The van der Waals surface area contributed by atoms with E-state index in [0.717, 1.165) is 36.8 Å². The Morgan fingerprint density at radius 3 is 2.95 bits per heavy atom. The van der Waals surface area contributed by atoms with Crippen LogP contribution in [0.2, 0.25) is 0 Å². The predicted molar refractivity (Wildman–Crippen MR) is 79.2 cm³/mol. The average molecular weight is 274 g/mol. The maximum Gasteiger partial charge on any atom is 0.185 e. The molecule has 0 radical (unpaired) electrons. The van der Waals surface area contributed by atoms with Crippen molar-refractivity contribution in [1.29, 1.82) is 0 Å².